The number of benzene rings is 2. The molecule has 0 radical (unpaired) electrons. The van der Waals surface area contributed by atoms with Gasteiger partial charge in [0, 0.05) is 23.9 Å². The highest BCUT2D eigenvalue weighted by molar-refractivity contribution is 6.02. The Balaban J connectivity index is 1.99. The fourth-order valence-corrected chi connectivity index (χ4v) is 3.04. The number of carbonyl (C=O) groups is 1. The summed E-state index contributed by atoms with van der Waals surface area (Å²) in [7, 11) is 0. The molecule has 3 rings (SSSR count). The normalized spacial score (nSPS) is 10.9. The Labute approximate surface area is 188 Å². The second kappa shape index (κ2) is 11.3. The van der Waals surface area contributed by atoms with Crippen molar-refractivity contribution in [3.05, 3.63) is 84.6 Å². The topological polar surface area (TPSA) is 79.9 Å². The van der Waals surface area contributed by atoms with E-state index in [1.807, 2.05) is 66.9 Å². The Bertz CT molecular complexity index is 1120. The summed E-state index contributed by atoms with van der Waals surface area (Å²) in [5.74, 6) is 0.341. The van der Waals surface area contributed by atoms with E-state index in [4.69, 9.17) is 9.84 Å². The van der Waals surface area contributed by atoms with Crippen LogP contribution in [0.1, 0.15) is 25.3 Å². The third-order valence-corrected chi connectivity index (χ3v) is 4.73. The molecular weight excluding hydrogens is 400 g/mol. The average Bonchev–Trinajstić information content (AvgIpc) is 3.26. The summed E-state index contributed by atoms with van der Waals surface area (Å²) in [6.45, 7) is 6.67. The second-order valence-electron chi connectivity index (χ2n) is 7.11. The number of carbonyl (C=O) groups excluding carboxylic acids is 1. The van der Waals surface area contributed by atoms with Crippen molar-refractivity contribution in [2.24, 2.45) is 0 Å². The van der Waals surface area contributed by atoms with E-state index < -0.39 is 5.91 Å². The zero-order valence-corrected chi connectivity index (χ0v) is 18.1. The van der Waals surface area contributed by atoms with Crippen LogP contribution in [0.4, 0.5) is 0 Å². The molecule has 1 aromatic heterocycles. The fourth-order valence-electron chi connectivity index (χ4n) is 3.04. The Morgan fingerprint density at radius 1 is 1.22 bits per heavy atom. The van der Waals surface area contributed by atoms with Gasteiger partial charge in [-0.05, 0) is 48.9 Å². The standard InChI is InChI=1S/C26H26N4O2/c1-3-5-16-32-24-13-11-20(12-14-24)25-22(17-21(18-27)26(31)28-15-4-2)19-30(29-25)23-9-7-6-8-10-23/h4,6-14,17,19H,2-3,5,15-16H2,1H3,(H,28,31)/b21-17-. The molecule has 32 heavy (non-hydrogen) atoms. The molecule has 6 heteroatoms. The summed E-state index contributed by atoms with van der Waals surface area (Å²) in [4.78, 5) is 12.3. The predicted molar refractivity (Wildman–Crippen MR) is 126 cm³/mol. The number of nitriles is 1. The molecule has 0 bridgehead atoms. The third kappa shape index (κ3) is 5.73. The predicted octanol–water partition coefficient (Wildman–Crippen LogP) is 4.93. The number of amides is 1. The van der Waals surface area contributed by atoms with Crippen LogP contribution in [0.5, 0.6) is 5.75 Å². The van der Waals surface area contributed by atoms with Crippen LogP contribution in [0.2, 0.25) is 0 Å². The van der Waals surface area contributed by atoms with Crippen LogP contribution in [0, 0.1) is 11.3 Å². The number of aromatic nitrogens is 2. The van der Waals surface area contributed by atoms with Crippen molar-refractivity contribution in [3.8, 4) is 28.8 Å². The van der Waals surface area contributed by atoms with E-state index in [0.717, 1.165) is 29.8 Å². The third-order valence-electron chi connectivity index (χ3n) is 4.73. The molecule has 0 unspecified atom stereocenters. The van der Waals surface area contributed by atoms with Crippen molar-refractivity contribution < 1.29 is 9.53 Å². The maximum Gasteiger partial charge on any atom is 0.262 e. The first-order chi connectivity index (χ1) is 15.7. The fraction of sp³-hybridized carbons (Fsp3) is 0.192. The van der Waals surface area contributed by atoms with Gasteiger partial charge in [-0.2, -0.15) is 10.4 Å². The molecule has 6 nitrogen and oxygen atoms in total. The SMILES string of the molecule is C=CCNC(=O)/C(C#N)=C\c1cn(-c2ccccc2)nc1-c1ccc(OCCCC)cc1. The first-order valence-electron chi connectivity index (χ1n) is 10.6. The minimum Gasteiger partial charge on any atom is -0.494 e. The van der Waals surface area contributed by atoms with Gasteiger partial charge in [0.1, 0.15) is 17.4 Å². The molecule has 162 valence electrons. The molecule has 2 aromatic carbocycles. The largest absolute Gasteiger partial charge is 0.494 e. The van der Waals surface area contributed by atoms with E-state index in [2.05, 4.69) is 18.8 Å². The maximum atomic E-state index is 12.3. The zero-order chi connectivity index (χ0) is 22.8. The van der Waals surface area contributed by atoms with Gasteiger partial charge >= 0.3 is 0 Å². The highest BCUT2D eigenvalue weighted by Gasteiger charge is 2.15. The minimum absolute atomic E-state index is 0.000214. The monoisotopic (exact) mass is 426 g/mol. The van der Waals surface area contributed by atoms with E-state index in [-0.39, 0.29) is 12.1 Å². The molecule has 1 N–H and O–H groups in total. The number of hydrogen-bond donors (Lipinski definition) is 1. The van der Waals surface area contributed by atoms with Crippen molar-refractivity contribution in [2.45, 2.75) is 19.8 Å². The highest BCUT2D eigenvalue weighted by atomic mass is 16.5. The van der Waals surface area contributed by atoms with E-state index >= 15 is 0 Å². The lowest BCUT2D eigenvalue weighted by molar-refractivity contribution is -0.116. The van der Waals surface area contributed by atoms with Gasteiger partial charge in [-0.15, -0.1) is 6.58 Å². The van der Waals surface area contributed by atoms with Gasteiger partial charge in [-0.1, -0.05) is 37.6 Å². The van der Waals surface area contributed by atoms with Gasteiger partial charge in [0.05, 0.1) is 18.0 Å². The molecule has 0 spiro atoms. The van der Waals surface area contributed by atoms with E-state index in [0.29, 0.717) is 17.9 Å². The number of rotatable bonds is 10. The Hall–Kier alpha value is -4.11. The number of nitrogens with one attached hydrogen (secondary N) is 1. The number of unbranched alkanes of at least 4 members (excludes halogenated alkanes) is 1. The summed E-state index contributed by atoms with van der Waals surface area (Å²) in [5.41, 5.74) is 3.07. The van der Waals surface area contributed by atoms with Crippen LogP contribution >= 0.6 is 0 Å². The molecular formula is C26H26N4O2. The summed E-state index contributed by atoms with van der Waals surface area (Å²) in [6, 6.07) is 19.3. The van der Waals surface area contributed by atoms with Crippen molar-refractivity contribution in [3.63, 3.8) is 0 Å². The molecule has 1 amide bonds. The summed E-state index contributed by atoms with van der Waals surface area (Å²) in [6.07, 6.45) is 7.02. The van der Waals surface area contributed by atoms with E-state index in [1.165, 1.54) is 0 Å². The van der Waals surface area contributed by atoms with Crippen LogP contribution in [0.15, 0.2) is 79.0 Å². The van der Waals surface area contributed by atoms with Crippen molar-refractivity contribution in [1.29, 1.82) is 5.26 Å². The summed E-state index contributed by atoms with van der Waals surface area (Å²) < 4.78 is 7.49. The lowest BCUT2D eigenvalue weighted by Gasteiger charge is -2.06. The van der Waals surface area contributed by atoms with Crippen LogP contribution in [0.3, 0.4) is 0 Å². The van der Waals surface area contributed by atoms with Crippen molar-refractivity contribution in [1.82, 2.24) is 15.1 Å². The Morgan fingerprint density at radius 2 is 1.97 bits per heavy atom. The minimum atomic E-state index is -0.453. The van der Waals surface area contributed by atoms with Gasteiger partial charge in [-0.25, -0.2) is 4.68 Å². The number of nitrogens with zero attached hydrogens (tertiary/aromatic N) is 3. The number of hydrogen-bond acceptors (Lipinski definition) is 4. The molecule has 0 fully saturated rings. The van der Waals surface area contributed by atoms with Crippen LogP contribution in [-0.2, 0) is 4.79 Å². The molecule has 0 aliphatic rings. The summed E-state index contributed by atoms with van der Waals surface area (Å²) >= 11 is 0. The molecule has 0 atom stereocenters. The number of ether oxygens (including phenoxy) is 1. The van der Waals surface area contributed by atoms with E-state index in [1.54, 1.807) is 16.8 Å². The van der Waals surface area contributed by atoms with Gasteiger partial charge in [0.25, 0.3) is 5.91 Å². The van der Waals surface area contributed by atoms with Gasteiger partial charge in [0.2, 0.25) is 0 Å². The van der Waals surface area contributed by atoms with Gasteiger partial charge in [0.15, 0.2) is 0 Å². The van der Waals surface area contributed by atoms with Gasteiger partial charge in [-0.3, -0.25) is 4.79 Å². The molecule has 0 aliphatic heterocycles. The quantitative estimate of drug-likeness (QED) is 0.216. The molecule has 0 aliphatic carbocycles. The van der Waals surface area contributed by atoms with Crippen molar-refractivity contribution in [2.75, 3.05) is 13.2 Å². The van der Waals surface area contributed by atoms with Gasteiger partial charge < -0.3 is 10.1 Å². The lowest BCUT2D eigenvalue weighted by atomic mass is 10.1. The lowest BCUT2D eigenvalue weighted by Crippen LogP contribution is -2.24. The molecule has 1 heterocycles. The average molecular weight is 427 g/mol. The molecule has 3 aromatic rings. The number of para-hydroxylation sites is 1. The summed E-state index contributed by atoms with van der Waals surface area (Å²) in [5, 5.41) is 16.9. The first-order valence-corrected chi connectivity index (χ1v) is 10.6. The Kier molecular flexibility index (Phi) is 7.99. The molecule has 0 saturated carbocycles. The second-order valence-corrected chi connectivity index (χ2v) is 7.11. The van der Waals surface area contributed by atoms with Crippen LogP contribution in [-0.4, -0.2) is 28.8 Å². The van der Waals surface area contributed by atoms with Crippen LogP contribution < -0.4 is 10.1 Å². The molecule has 0 saturated heterocycles. The zero-order valence-electron chi connectivity index (χ0n) is 18.1. The first kappa shape index (κ1) is 22.6. The smallest absolute Gasteiger partial charge is 0.262 e. The maximum absolute atomic E-state index is 12.3. The van der Waals surface area contributed by atoms with E-state index in [9.17, 15) is 10.1 Å². The highest BCUT2D eigenvalue weighted by Crippen LogP contribution is 2.27. The van der Waals surface area contributed by atoms with Crippen molar-refractivity contribution >= 4 is 12.0 Å². The Morgan fingerprint density at radius 3 is 2.62 bits per heavy atom. The van der Waals surface area contributed by atoms with Crippen LogP contribution in [0.25, 0.3) is 23.0 Å².